The lowest BCUT2D eigenvalue weighted by atomic mass is 9.71. The van der Waals surface area contributed by atoms with Gasteiger partial charge in [0.15, 0.2) is 24.0 Å². The Kier molecular flexibility index (Phi) is 5.57. The van der Waals surface area contributed by atoms with E-state index in [1.54, 1.807) is 18.2 Å². The van der Waals surface area contributed by atoms with Crippen LogP contribution in [0.25, 0.3) is 17.1 Å². The van der Waals surface area contributed by atoms with Crippen molar-refractivity contribution in [2.24, 2.45) is 0 Å². The molecule has 1 aliphatic carbocycles. The fraction of sp³-hybridized carbons (Fsp3) is 0.385. The largest absolute Gasteiger partial charge is 0.481 e. The minimum absolute atomic E-state index is 0.0116. The van der Waals surface area contributed by atoms with Crippen LogP contribution in [-0.4, -0.2) is 52.3 Å². The number of carbonyl (C=O) groups excluding carboxylic acids is 1. The first-order valence-corrected chi connectivity index (χ1v) is 12.0. The van der Waals surface area contributed by atoms with Gasteiger partial charge in [-0.15, -0.1) is 0 Å². The van der Waals surface area contributed by atoms with Crippen LogP contribution in [0.2, 0.25) is 0 Å². The number of hydrogen-bond donors (Lipinski definition) is 2. The highest BCUT2D eigenvalue weighted by Crippen LogP contribution is 2.45. The lowest BCUT2D eigenvalue weighted by molar-refractivity contribution is -0.134. The highest BCUT2D eigenvalue weighted by Gasteiger charge is 2.48. The minimum Gasteiger partial charge on any atom is -0.481 e. The maximum absolute atomic E-state index is 14.7. The molecule has 2 N–H and O–H groups in total. The van der Waals surface area contributed by atoms with E-state index in [0.29, 0.717) is 47.2 Å². The van der Waals surface area contributed by atoms with E-state index in [-0.39, 0.29) is 18.1 Å². The molecule has 10 heteroatoms. The third-order valence-corrected chi connectivity index (χ3v) is 7.31. The van der Waals surface area contributed by atoms with Crippen molar-refractivity contribution in [2.75, 3.05) is 25.6 Å². The number of amides is 1. The first-order valence-electron chi connectivity index (χ1n) is 12.0. The van der Waals surface area contributed by atoms with E-state index in [4.69, 9.17) is 14.2 Å². The van der Waals surface area contributed by atoms with Gasteiger partial charge in [-0.3, -0.25) is 9.78 Å². The van der Waals surface area contributed by atoms with Gasteiger partial charge in [-0.05, 0) is 43.9 Å². The van der Waals surface area contributed by atoms with E-state index in [1.165, 1.54) is 13.3 Å². The number of carbonyl (C=O) groups is 1. The Hall–Kier alpha value is -3.63. The first kappa shape index (κ1) is 22.8. The van der Waals surface area contributed by atoms with Crippen LogP contribution in [0.3, 0.4) is 0 Å². The molecule has 2 bridgehead atoms. The molecule has 0 radical (unpaired) electrons. The van der Waals surface area contributed by atoms with Crippen LogP contribution >= 0.6 is 0 Å². The van der Waals surface area contributed by atoms with Crippen molar-refractivity contribution in [3.63, 3.8) is 0 Å². The molecule has 36 heavy (non-hydrogen) atoms. The normalized spacial score (nSPS) is 25.0. The summed E-state index contributed by atoms with van der Waals surface area (Å²) in [4.78, 5) is 24.7. The van der Waals surface area contributed by atoms with Gasteiger partial charge in [0.05, 0.1) is 36.7 Å². The zero-order valence-electron chi connectivity index (χ0n) is 19.8. The molecule has 2 saturated heterocycles. The Morgan fingerprint density at radius 1 is 1.19 bits per heavy atom. The maximum Gasteiger partial charge on any atom is 0.263 e. The van der Waals surface area contributed by atoms with Gasteiger partial charge in [-0.1, -0.05) is 12.2 Å². The predicted molar refractivity (Wildman–Crippen MR) is 130 cm³/mol. The Morgan fingerprint density at radius 3 is 2.83 bits per heavy atom. The Bertz CT molecular complexity index is 1350. The Morgan fingerprint density at radius 2 is 2.06 bits per heavy atom. The average molecular weight is 492 g/mol. The number of nitrogens with one attached hydrogen (secondary N) is 2. The number of pyridine rings is 3. The summed E-state index contributed by atoms with van der Waals surface area (Å²) >= 11 is 0. The van der Waals surface area contributed by atoms with E-state index < -0.39 is 11.4 Å². The van der Waals surface area contributed by atoms with Crippen molar-refractivity contribution in [1.82, 2.24) is 20.3 Å². The average Bonchev–Trinajstić information content (AvgIpc) is 2.92. The number of anilines is 1. The molecule has 0 atom stereocenters. The van der Waals surface area contributed by atoms with Crippen LogP contribution in [0.15, 0.2) is 36.5 Å². The van der Waals surface area contributed by atoms with Crippen molar-refractivity contribution in [1.29, 1.82) is 0 Å². The molecule has 9 nitrogen and oxygen atoms in total. The van der Waals surface area contributed by atoms with E-state index in [0.717, 1.165) is 31.4 Å². The van der Waals surface area contributed by atoms with Crippen LogP contribution in [0.4, 0.5) is 10.2 Å². The molecule has 3 aliphatic heterocycles. The predicted octanol–water partition coefficient (Wildman–Crippen LogP) is 3.39. The second-order valence-corrected chi connectivity index (χ2v) is 9.55. The zero-order chi connectivity index (χ0) is 24.8. The number of fused-ring (bicyclic) bond motifs is 5. The summed E-state index contributed by atoms with van der Waals surface area (Å²) in [5.41, 5.74) is 1.69. The van der Waals surface area contributed by atoms with Crippen molar-refractivity contribution in [3.8, 4) is 11.6 Å². The van der Waals surface area contributed by atoms with Gasteiger partial charge in [-0.25, -0.2) is 14.4 Å². The number of ether oxygens (including phenoxy) is 3. The molecule has 4 aliphatic rings. The number of halogens is 1. The van der Waals surface area contributed by atoms with E-state index in [1.807, 2.05) is 18.2 Å². The van der Waals surface area contributed by atoms with Gasteiger partial charge in [0.25, 0.3) is 5.91 Å². The number of methoxy groups -OCH3 is 1. The number of hydrogen-bond acceptors (Lipinski definition) is 8. The lowest BCUT2D eigenvalue weighted by Crippen LogP contribution is -2.60. The standard InChI is InChI=1S/C26H26FN5O4/c1-34-22-5-3-19-23(32-22)17(18(27)13-28-19)6-7-26-10-8-25(9-11-26,15-36-26)29-12-16-2-4-20-24(30-16)31-21(33)14-35-20/h2-7,13,29H,8-12,14-15H2,1H3,(H,30,31,33). The monoisotopic (exact) mass is 491 g/mol. The van der Waals surface area contributed by atoms with Crippen LogP contribution in [0.1, 0.15) is 36.9 Å². The summed E-state index contributed by atoms with van der Waals surface area (Å²) < 4.78 is 31.7. The van der Waals surface area contributed by atoms with E-state index in [9.17, 15) is 9.18 Å². The quantitative estimate of drug-likeness (QED) is 0.541. The van der Waals surface area contributed by atoms with E-state index >= 15 is 0 Å². The van der Waals surface area contributed by atoms with Crippen molar-refractivity contribution < 1.29 is 23.4 Å². The third-order valence-electron chi connectivity index (χ3n) is 7.31. The molecule has 3 fully saturated rings. The lowest BCUT2D eigenvalue weighted by Gasteiger charge is -2.52. The molecule has 1 saturated carbocycles. The van der Waals surface area contributed by atoms with Gasteiger partial charge in [0.1, 0.15) is 5.52 Å². The fourth-order valence-electron chi connectivity index (χ4n) is 5.10. The van der Waals surface area contributed by atoms with Crippen molar-refractivity contribution in [3.05, 3.63) is 53.6 Å². The molecular weight excluding hydrogens is 465 g/mol. The second kappa shape index (κ2) is 8.79. The fourth-order valence-corrected chi connectivity index (χ4v) is 5.10. The molecule has 3 aromatic rings. The van der Waals surface area contributed by atoms with Gasteiger partial charge >= 0.3 is 0 Å². The minimum atomic E-state index is -0.435. The first-order chi connectivity index (χ1) is 17.5. The Balaban J connectivity index is 1.14. The maximum atomic E-state index is 14.7. The molecule has 0 unspecified atom stereocenters. The topological polar surface area (TPSA) is 107 Å². The van der Waals surface area contributed by atoms with E-state index in [2.05, 4.69) is 25.6 Å². The highest BCUT2D eigenvalue weighted by atomic mass is 19.1. The molecule has 0 aromatic carbocycles. The van der Waals surface area contributed by atoms with Crippen molar-refractivity contribution in [2.45, 2.75) is 43.4 Å². The summed E-state index contributed by atoms with van der Waals surface area (Å²) in [6, 6.07) is 7.21. The summed E-state index contributed by atoms with van der Waals surface area (Å²) in [7, 11) is 1.53. The molecule has 3 aromatic heterocycles. The van der Waals surface area contributed by atoms with Crippen molar-refractivity contribution >= 4 is 28.8 Å². The molecule has 6 heterocycles. The van der Waals surface area contributed by atoms with Gasteiger partial charge in [-0.2, -0.15) is 0 Å². The van der Waals surface area contributed by atoms with Gasteiger partial charge < -0.3 is 24.8 Å². The number of nitrogens with zero attached hydrogens (tertiary/aromatic N) is 3. The van der Waals surface area contributed by atoms with Crippen LogP contribution < -0.4 is 20.1 Å². The zero-order valence-corrected chi connectivity index (χ0v) is 19.8. The second-order valence-electron chi connectivity index (χ2n) is 9.55. The summed E-state index contributed by atoms with van der Waals surface area (Å²) in [6.45, 7) is 1.11. The molecule has 0 spiro atoms. The van der Waals surface area contributed by atoms with Gasteiger partial charge in [0.2, 0.25) is 5.88 Å². The smallest absolute Gasteiger partial charge is 0.263 e. The van der Waals surface area contributed by atoms with Crippen LogP contribution in [0, 0.1) is 5.82 Å². The molecular formula is C26H26FN5O4. The molecule has 186 valence electrons. The highest BCUT2D eigenvalue weighted by molar-refractivity contribution is 5.94. The molecule has 7 rings (SSSR count). The molecule has 1 amide bonds. The Labute approximate surface area is 207 Å². The summed E-state index contributed by atoms with van der Waals surface area (Å²) in [5.74, 6) is 0.814. The van der Waals surface area contributed by atoms with Gasteiger partial charge in [0, 0.05) is 23.7 Å². The third kappa shape index (κ3) is 4.16. The van der Waals surface area contributed by atoms with Crippen LogP contribution in [0.5, 0.6) is 11.6 Å². The SMILES string of the molecule is COc1ccc2ncc(F)c(C=CC34CCC(NCc5ccc6c(n5)NC(=O)CO6)(CC3)CO4)c2n1. The number of aromatic nitrogens is 3. The number of rotatable bonds is 6. The van der Waals surface area contributed by atoms with Crippen LogP contribution in [-0.2, 0) is 16.1 Å². The summed E-state index contributed by atoms with van der Waals surface area (Å²) in [6.07, 6.45) is 8.45. The summed E-state index contributed by atoms with van der Waals surface area (Å²) in [5, 5.41) is 6.38.